The molecule has 13 aromatic rings. The van der Waals surface area contributed by atoms with Gasteiger partial charge in [-0.2, -0.15) is 0 Å². The minimum Gasteiger partial charge on any atom is -0.456 e. The molecule has 2 heteroatoms. The number of benzene rings is 11. The molecule has 0 saturated carbocycles. The van der Waals surface area contributed by atoms with E-state index in [-0.39, 0.29) is 0 Å². The first-order valence-electron chi connectivity index (χ1n) is 20.5. The van der Waals surface area contributed by atoms with E-state index in [0.29, 0.717) is 0 Å². The van der Waals surface area contributed by atoms with E-state index in [2.05, 4.69) is 206 Å². The average molecular weight is 763 g/mol. The lowest BCUT2D eigenvalue weighted by Crippen LogP contribution is -1.83. The van der Waals surface area contributed by atoms with Crippen LogP contribution in [0.4, 0.5) is 0 Å². The second-order valence-corrected chi connectivity index (χ2v) is 16.1. The summed E-state index contributed by atoms with van der Waals surface area (Å²) in [6.45, 7) is 0. The Labute approximate surface area is 345 Å². The molecule has 2 aromatic heterocycles. The summed E-state index contributed by atoms with van der Waals surface area (Å²) in [5.41, 5.74) is 13.0. The Morgan fingerprint density at radius 2 is 0.433 bits per heavy atom. The molecule has 2 heterocycles. The Morgan fingerprint density at radius 1 is 0.183 bits per heavy atom. The highest BCUT2D eigenvalue weighted by Gasteiger charge is 2.16. The SMILES string of the molecule is c1ccc2cc(-c3ccc4cc(-c5ccc6oc7cc8c(cc7c6c5)oc5ccc(-c6ccc7cc(-c9ccc%10ccccc%10c9)ccc7c6)cc58)ccc4c3)ccc2c1. The maximum absolute atomic E-state index is 6.51. The molecule has 11 aromatic carbocycles. The predicted molar refractivity (Wildman–Crippen MR) is 253 cm³/mol. The fraction of sp³-hybridized carbons (Fsp3) is 0. The Bertz CT molecular complexity index is 3640. The van der Waals surface area contributed by atoms with Crippen LogP contribution in [0.15, 0.2) is 215 Å². The number of furan rings is 2. The van der Waals surface area contributed by atoms with Gasteiger partial charge >= 0.3 is 0 Å². The van der Waals surface area contributed by atoms with Crippen molar-refractivity contribution in [2.24, 2.45) is 0 Å². The average Bonchev–Trinajstić information content (AvgIpc) is 3.86. The Morgan fingerprint density at radius 3 is 0.783 bits per heavy atom. The zero-order chi connectivity index (χ0) is 39.3. The van der Waals surface area contributed by atoms with Crippen LogP contribution in [-0.2, 0) is 0 Å². The zero-order valence-corrected chi connectivity index (χ0v) is 32.4. The van der Waals surface area contributed by atoms with Gasteiger partial charge in [0, 0.05) is 21.5 Å². The lowest BCUT2D eigenvalue weighted by molar-refractivity contribution is 0.664. The van der Waals surface area contributed by atoms with Crippen LogP contribution in [0.1, 0.15) is 0 Å². The van der Waals surface area contributed by atoms with Gasteiger partial charge in [-0.1, -0.05) is 133 Å². The number of rotatable bonds is 4. The molecular formula is C58H34O2. The van der Waals surface area contributed by atoms with E-state index < -0.39 is 0 Å². The summed E-state index contributed by atoms with van der Waals surface area (Å²) in [5, 5.41) is 14.2. The van der Waals surface area contributed by atoms with E-state index in [1.165, 1.54) is 76.5 Å². The van der Waals surface area contributed by atoms with Crippen molar-refractivity contribution < 1.29 is 8.83 Å². The Kier molecular flexibility index (Phi) is 7.05. The van der Waals surface area contributed by atoms with Crippen molar-refractivity contribution >= 4 is 87.0 Å². The standard InChI is InChI=1S/C58H34O2/c1-3-7-37-25-39(11-9-35(37)5-1)41-13-15-45-29-47(19-17-43(45)27-41)49-21-23-55-51(31-49)53-33-58-54(34-57(53)59-55)52-32-50(22-24-56(52)60-58)48-20-18-44-28-42(14-16-46(44)30-48)40-12-10-36-6-2-4-8-38(36)26-40/h1-34H. The molecular weight excluding hydrogens is 729 g/mol. The molecule has 0 aliphatic heterocycles. The smallest absolute Gasteiger partial charge is 0.136 e. The highest BCUT2D eigenvalue weighted by atomic mass is 16.3. The van der Waals surface area contributed by atoms with Crippen LogP contribution in [0.25, 0.3) is 131 Å². The van der Waals surface area contributed by atoms with Gasteiger partial charge in [-0.3, -0.25) is 0 Å². The summed E-state index contributed by atoms with van der Waals surface area (Å²) in [6, 6.07) is 74.8. The fourth-order valence-electron chi connectivity index (χ4n) is 9.35. The van der Waals surface area contributed by atoms with Crippen LogP contribution >= 0.6 is 0 Å². The molecule has 0 aliphatic rings. The van der Waals surface area contributed by atoms with E-state index in [1.807, 2.05) is 0 Å². The zero-order valence-electron chi connectivity index (χ0n) is 32.4. The molecule has 0 unspecified atom stereocenters. The van der Waals surface area contributed by atoms with Gasteiger partial charge in [0.05, 0.1) is 0 Å². The van der Waals surface area contributed by atoms with Crippen LogP contribution in [0, 0.1) is 0 Å². The van der Waals surface area contributed by atoms with Crippen LogP contribution in [0.5, 0.6) is 0 Å². The molecule has 0 aliphatic carbocycles. The highest BCUT2D eigenvalue weighted by Crippen LogP contribution is 2.40. The molecule has 0 amide bonds. The van der Waals surface area contributed by atoms with E-state index in [9.17, 15) is 0 Å². The van der Waals surface area contributed by atoms with Crippen molar-refractivity contribution in [2.45, 2.75) is 0 Å². The highest BCUT2D eigenvalue weighted by molar-refractivity contribution is 6.16. The van der Waals surface area contributed by atoms with Gasteiger partial charge in [-0.15, -0.1) is 0 Å². The number of fused-ring (bicyclic) bond motifs is 10. The van der Waals surface area contributed by atoms with Crippen molar-refractivity contribution in [3.63, 3.8) is 0 Å². The normalized spacial score (nSPS) is 12.0. The summed E-state index contributed by atoms with van der Waals surface area (Å²) in [4.78, 5) is 0. The lowest BCUT2D eigenvalue weighted by Gasteiger charge is -2.08. The van der Waals surface area contributed by atoms with Gasteiger partial charge in [0.25, 0.3) is 0 Å². The van der Waals surface area contributed by atoms with Crippen molar-refractivity contribution in [3.05, 3.63) is 206 Å². The van der Waals surface area contributed by atoms with E-state index in [1.54, 1.807) is 0 Å². The van der Waals surface area contributed by atoms with Crippen LogP contribution in [0.3, 0.4) is 0 Å². The van der Waals surface area contributed by atoms with Crippen molar-refractivity contribution in [1.29, 1.82) is 0 Å². The summed E-state index contributed by atoms with van der Waals surface area (Å²) >= 11 is 0. The Hall–Kier alpha value is -7.94. The quantitative estimate of drug-likeness (QED) is 0.178. The molecule has 278 valence electrons. The molecule has 0 N–H and O–H groups in total. The van der Waals surface area contributed by atoms with Crippen LogP contribution in [0.2, 0.25) is 0 Å². The van der Waals surface area contributed by atoms with E-state index >= 15 is 0 Å². The first-order chi connectivity index (χ1) is 29.6. The molecule has 0 saturated heterocycles. The minimum absolute atomic E-state index is 0.857. The third-order valence-corrected chi connectivity index (χ3v) is 12.6. The summed E-state index contributed by atoms with van der Waals surface area (Å²) in [6.07, 6.45) is 0. The molecule has 0 atom stereocenters. The fourth-order valence-corrected chi connectivity index (χ4v) is 9.35. The molecule has 2 nitrogen and oxygen atoms in total. The molecule has 0 fully saturated rings. The van der Waals surface area contributed by atoms with Gasteiger partial charge in [-0.05, 0) is 160 Å². The van der Waals surface area contributed by atoms with Crippen LogP contribution in [-0.4, -0.2) is 0 Å². The molecule has 60 heavy (non-hydrogen) atoms. The summed E-state index contributed by atoms with van der Waals surface area (Å²) in [7, 11) is 0. The van der Waals surface area contributed by atoms with Gasteiger partial charge < -0.3 is 8.83 Å². The van der Waals surface area contributed by atoms with Crippen molar-refractivity contribution in [3.8, 4) is 44.5 Å². The maximum Gasteiger partial charge on any atom is 0.136 e. The summed E-state index contributed by atoms with van der Waals surface area (Å²) in [5.74, 6) is 0. The largest absolute Gasteiger partial charge is 0.456 e. The summed E-state index contributed by atoms with van der Waals surface area (Å²) < 4.78 is 13.0. The first-order valence-corrected chi connectivity index (χ1v) is 20.5. The third kappa shape index (κ3) is 5.35. The minimum atomic E-state index is 0.857. The molecule has 0 spiro atoms. The maximum atomic E-state index is 6.51. The third-order valence-electron chi connectivity index (χ3n) is 12.6. The molecule has 0 radical (unpaired) electrons. The number of hydrogen-bond donors (Lipinski definition) is 0. The van der Waals surface area contributed by atoms with Gasteiger partial charge in [0.15, 0.2) is 0 Å². The second-order valence-electron chi connectivity index (χ2n) is 16.1. The monoisotopic (exact) mass is 762 g/mol. The van der Waals surface area contributed by atoms with E-state index in [4.69, 9.17) is 8.83 Å². The van der Waals surface area contributed by atoms with Gasteiger partial charge in [-0.25, -0.2) is 0 Å². The topological polar surface area (TPSA) is 26.3 Å². The lowest BCUT2D eigenvalue weighted by atomic mass is 9.96. The van der Waals surface area contributed by atoms with Gasteiger partial charge in [0.1, 0.15) is 22.3 Å². The molecule has 0 bridgehead atoms. The Balaban J connectivity index is 0.824. The van der Waals surface area contributed by atoms with E-state index in [0.717, 1.165) is 55.0 Å². The van der Waals surface area contributed by atoms with Crippen LogP contribution < -0.4 is 0 Å². The van der Waals surface area contributed by atoms with Crippen molar-refractivity contribution in [2.75, 3.05) is 0 Å². The number of hydrogen-bond acceptors (Lipinski definition) is 2. The van der Waals surface area contributed by atoms with Crippen molar-refractivity contribution in [1.82, 2.24) is 0 Å². The van der Waals surface area contributed by atoms with Gasteiger partial charge in [0.2, 0.25) is 0 Å². The first kappa shape index (κ1) is 33.1. The second kappa shape index (κ2) is 12.8. The molecule has 13 rings (SSSR count). The predicted octanol–water partition coefficient (Wildman–Crippen LogP) is 16.8.